The summed E-state index contributed by atoms with van der Waals surface area (Å²) in [6.07, 6.45) is 1.45. The maximum atomic E-state index is 13.4. The number of fused-ring (bicyclic) bond motifs is 1. The second-order valence-electron chi connectivity index (χ2n) is 8.03. The Bertz CT molecular complexity index is 959. The topological polar surface area (TPSA) is 156 Å². The van der Waals surface area contributed by atoms with Gasteiger partial charge in [0.1, 0.15) is 18.3 Å². The molecule has 3 aliphatic rings. The molecule has 0 aliphatic carbocycles. The van der Waals surface area contributed by atoms with Crippen LogP contribution in [0.4, 0.5) is 4.79 Å². The summed E-state index contributed by atoms with van der Waals surface area (Å²) < 4.78 is 16.9. The molecule has 0 saturated carbocycles. The first kappa shape index (κ1) is 25.0. The van der Waals surface area contributed by atoms with Crippen LogP contribution in [0.3, 0.4) is 0 Å². The molecule has 0 aromatic rings. The van der Waals surface area contributed by atoms with E-state index < -0.39 is 66.5 Å². The van der Waals surface area contributed by atoms with Crippen LogP contribution in [0.25, 0.3) is 0 Å². The van der Waals surface area contributed by atoms with Crippen LogP contribution in [0.5, 0.6) is 0 Å². The van der Waals surface area contributed by atoms with Crippen molar-refractivity contribution < 1.29 is 38.2 Å². The molecular formula is C21H27N5O8. The number of nitrogens with one attached hydrogen (secondary N) is 2. The van der Waals surface area contributed by atoms with Gasteiger partial charge in [-0.2, -0.15) is 0 Å². The lowest BCUT2D eigenvalue weighted by molar-refractivity contribution is -0.163. The molecule has 184 valence electrons. The van der Waals surface area contributed by atoms with Gasteiger partial charge < -0.3 is 14.2 Å². The molecule has 13 nitrogen and oxygen atoms in total. The molecule has 0 aromatic carbocycles. The predicted molar refractivity (Wildman–Crippen MR) is 114 cm³/mol. The van der Waals surface area contributed by atoms with Crippen molar-refractivity contribution in [1.29, 1.82) is 0 Å². The van der Waals surface area contributed by atoms with Crippen molar-refractivity contribution in [1.82, 2.24) is 20.4 Å². The smallest absolute Gasteiger partial charge is 0.325 e. The lowest BCUT2D eigenvalue weighted by Gasteiger charge is -2.33. The zero-order chi connectivity index (χ0) is 25.2. The number of nitrogens with zero attached hydrogens (tertiary/aromatic N) is 3. The molecular weight excluding hydrogens is 450 g/mol. The van der Waals surface area contributed by atoms with Gasteiger partial charge in [0.25, 0.3) is 5.91 Å². The third-order valence-corrected chi connectivity index (χ3v) is 5.52. The Hall–Kier alpha value is -3.66. The number of amides is 4. The third-order valence-electron chi connectivity index (χ3n) is 5.52. The highest BCUT2D eigenvalue weighted by molar-refractivity contribution is 6.08. The van der Waals surface area contributed by atoms with Crippen LogP contribution in [0.15, 0.2) is 4.99 Å². The molecule has 3 rings (SSSR count). The lowest BCUT2D eigenvalue weighted by Crippen LogP contribution is -2.59. The van der Waals surface area contributed by atoms with Gasteiger partial charge in [0.15, 0.2) is 18.4 Å². The van der Waals surface area contributed by atoms with E-state index in [0.717, 1.165) is 4.90 Å². The number of rotatable bonds is 6. The number of carbonyl (C=O) groups excluding carboxylic acids is 5. The molecule has 0 aromatic heterocycles. The van der Waals surface area contributed by atoms with E-state index in [1.54, 1.807) is 6.92 Å². The predicted octanol–water partition coefficient (Wildman–Crippen LogP) is -0.938. The van der Waals surface area contributed by atoms with E-state index >= 15 is 0 Å². The van der Waals surface area contributed by atoms with Crippen LogP contribution < -0.4 is 10.6 Å². The van der Waals surface area contributed by atoms with Crippen LogP contribution in [-0.2, 0) is 33.4 Å². The summed E-state index contributed by atoms with van der Waals surface area (Å²) in [5.41, 5.74) is 0. The van der Waals surface area contributed by atoms with E-state index in [-0.39, 0.29) is 18.9 Å². The second-order valence-corrected chi connectivity index (χ2v) is 8.03. The minimum absolute atomic E-state index is 0.135. The number of aliphatic imine (C=N–C) groups is 1. The molecule has 0 spiro atoms. The quantitative estimate of drug-likeness (QED) is 0.367. The minimum Gasteiger partial charge on any atom is -0.460 e. The summed E-state index contributed by atoms with van der Waals surface area (Å²) in [4.78, 5) is 67.7. The van der Waals surface area contributed by atoms with Gasteiger partial charge in [-0.1, -0.05) is 12.8 Å². The van der Waals surface area contributed by atoms with Gasteiger partial charge in [-0.15, -0.1) is 6.42 Å². The number of ether oxygens (including phenoxy) is 3. The van der Waals surface area contributed by atoms with E-state index in [4.69, 9.17) is 20.6 Å². The number of carbonyl (C=O) groups is 5. The van der Waals surface area contributed by atoms with E-state index in [1.165, 1.54) is 25.7 Å². The Morgan fingerprint density at radius 2 is 2.00 bits per heavy atom. The maximum absolute atomic E-state index is 13.4. The molecule has 0 radical (unpaired) electrons. The monoisotopic (exact) mass is 477 g/mol. The van der Waals surface area contributed by atoms with Crippen molar-refractivity contribution in [3.05, 3.63) is 0 Å². The molecule has 3 heterocycles. The van der Waals surface area contributed by atoms with E-state index in [9.17, 15) is 24.0 Å². The fourth-order valence-corrected chi connectivity index (χ4v) is 4.32. The van der Waals surface area contributed by atoms with Crippen LogP contribution in [0.2, 0.25) is 0 Å². The summed E-state index contributed by atoms with van der Waals surface area (Å²) in [6.45, 7) is 5.34. The summed E-state index contributed by atoms with van der Waals surface area (Å²) in [7, 11) is 0. The second kappa shape index (κ2) is 10.1. The van der Waals surface area contributed by atoms with Crippen molar-refractivity contribution in [3.63, 3.8) is 0 Å². The number of hydrogen-bond acceptors (Lipinski definition) is 9. The van der Waals surface area contributed by atoms with E-state index in [1.807, 2.05) is 0 Å². The molecule has 2 N–H and O–H groups in total. The first-order chi connectivity index (χ1) is 16.1. The molecule has 4 amide bonds. The van der Waals surface area contributed by atoms with Gasteiger partial charge in [0, 0.05) is 27.2 Å². The first-order valence-corrected chi connectivity index (χ1v) is 10.8. The molecule has 13 heteroatoms. The van der Waals surface area contributed by atoms with Crippen molar-refractivity contribution in [2.75, 3.05) is 6.54 Å². The lowest BCUT2D eigenvalue weighted by atomic mass is 10.1. The van der Waals surface area contributed by atoms with Gasteiger partial charge in [-0.05, 0) is 6.42 Å². The van der Waals surface area contributed by atoms with Crippen LogP contribution in [0.1, 0.15) is 40.5 Å². The van der Waals surface area contributed by atoms with E-state index in [2.05, 4.69) is 21.5 Å². The summed E-state index contributed by atoms with van der Waals surface area (Å²) in [6, 6.07) is -1.75. The number of urea groups is 1. The molecule has 3 aliphatic heterocycles. The minimum atomic E-state index is -1.14. The van der Waals surface area contributed by atoms with Crippen molar-refractivity contribution in [3.8, 4) is 12.3 Å². The average molecular weight is 477 g/mol. The Morgan fingerprint density at radius 1 is 1.29 bits per heavy atom. The Balaban J connectivity index is 2.00. The largest absolute Gasteiger partial charge is 0.460 e. The Kier molecular flexibility index (Phi) is 7.41. The maximum Gasteiger partial charge on any atom is 0.325 e. The van der Waals surface area contributed by atoms with Gasteiger partial charge in [0.2, 0.25) is 11.9 Å². The summed E-state index contributed by atoms with van der Waals surface area (Å²) in [5, 5.41) is 4.84. The SMILES string of the molecule is C#CCN1C(=O)N([C@@H]2O[C@H]([C@H](CC)OC(C)=O)C[C@H]2OC(C)=O)C2N=C(NC(C)=O)NC(=O)C21. The fourth-order valence-electron chi connectivity index (χ4n) is 4.32. The molecule has 2 fully saturated rings. The zero-order valence-electron chi connectivity index (χ0n) is 19.3. The Labute approximate surface area is 196 Å². The third kappa shape index (κ3) is 4.96. The normalized spacial score (nSPS) is 28.9. The summed E-state index contributed by atoms with van der Waals surface area (Å²) >= 11 is 0. The van der Waals surface area contributed by atoms with Crippen molar-refractivity contribution in [2.45, 2.75) is 77.3 Å². The molecule has 6 atom stereocenters. The van der Waals surface area contributed by atoms with Gasteiger partial charge >= 0.3 is 18.0 Å². The molecule has 2 unspecified atom stereocenters. The zero-order valence-corrected chi connectivity index (χ0v) is 19.3. The van der Waals surface area contributed by atoms with Crippen molar-refractivity contribution in [2.24, 2.45) is 4.99 Å². The number of terminal acetylenes is 1. The van der Waals surface area contributed by atoms with Gasteiger partial charge in [-0.25, -0.2) is 9.79 Å². The highest BCUT2D eigenvalue weighted by Gasteiger charge is 2.58. The Morgan fingerprint density at radius 3 is 2.56 bits per heavy atom. The van der Waals surface area contributed by atoms with Crippen molar-refractivity contribution >= 4 is 35.7 Å². The van der Waals surface area contributed by atoms with Crippen LogP contribution >= 0.6 is 0 Å². The number of guanidine groups is 1. The number of hydrogen-bond donors (Lipinski definition) is 2. The fraction of sp³-hybridized carbons (Fsp3) is 0.619. The summed E-state index contributed by atoms with van der Waals surface area (Å²) in [5.74, 6) is 0.0275. The van der Waals surface area contributed by atoms with E-state index in [0.29, 0.717) is 6.42 Å². The van der Waals surface area contributed by atoms with Gasteiger partial charge in [-0.3, -0.25) is 39.6 Å². The number of esters is 2. The standard InChI is InChI=1S/C21H27N5O8/c1-6-8-25-16-17(23-20(22-10(3)27)24-18(16)30)26(21(25)31)19-15(33-12(5)29)9-14(34-19)13(7-2)32-11(4)28/h1,13-17,19H,7-9H2,2-5H3,(H2,22,23,24,27,30)/t13-,14-,15+,16?,17?,19+/m0/s1. The van der Waals surface area contributed by atoms with Crippen LogP contribution in [-0.4, -0.2) is 88.8 Å². The molecule has 0 bridgehead atoms. The van der Waals surface area contributed by atoms with Gasteiger partial charge in [0.05, 0.1) is 6.54 Å². The molecule has 34 heavy (non-hydrogen) atoms. The average Bonchev–Trinajstić information content (AvgIpc) is 3.24. The molecule has 2 saturated heterocycles. The van der Waals surface area contributed by atoms with Crippen LogP contribution in [0, 0.1) is 12.3 Å². The highest BCUT2D eigenvalue weighted by atomic mass is 16.6. The first-order valence-electron chi connectivity index (χ1n) is 10.8. The highest BCUT2D eigenvalue weighted by Crippen LogP contribution is 2.36.